The Kier molecular flexibility index (Phi) is 5.25. The Balaban J connectivity index is 1.82. The summed E-state index contributed by atoms with van der Waals surface area (Å²) in [5.41, 5.74) is 0.785. The SMILES string of the molecule is O=S(=O)(CCO)CCNc1nc(Cn2ccnc2)nc2ccccc12. The Labute approximate surface area is 145 Å². The zero-order valence-corrected chi connectivity index (χ0v) is 14.4. The Morgan fingerprint density at radius 2 is 2.00 bits per heavy atom. The molecule has 2 aromatic heterocycles. The largest absolute Gasteiger partial charge is 0.395 e. The number of aliphatic hydroxyl groups is 1. The van der Waals surface area contributed by atoms with Crippen LogP contribution >= 0.6 is 0 Å². The van der Waals surface area contributed by atoms with Crippen LogP contribution in [0.1, 0.15) is 5.82 Å². The van der Waals surface area contributed by atoms with Crippen LogP contribution in [0.3, 0.4) is 0 Å². The molecule has 0 atom stereocenters. The number of aromatic nitrogens is 4. The van der Waals surface area contributed by atoms with Gasteiger partial charge in [0, 0.05) is 24.3 Å². The summed E-state index contributed by atoms with van der Waals surface area (Å²) in [6.07, 6.45) is 5.20. The first kappa shape index (κ1) is 17.3. The number of nitrogens with zero attached hydrogens (tertiary/aromatic N) is 4. The topological polar surface area (TPSA) is 110 Å². The molecule has 0 spiro atoms. The second-order valence-corrected chi connectivity index (χ2v) is 7.85. The molecule has 0 aliphatic carbocycles. The third-order valence-corrected chi connectivity index (χ3v) is 5.27. The highest BCUT2D eigenvalue weighted by molar-refractivity contribution is 7.91. The van der Waals surface area contributed by atoms with Gasteiger partial charge in [-0.25, -0.2) is 23.4 Å². The Morgan fingerprint density at radius 3 is 2.76 bits per heavy atom. The quantitative estimate of drug-likeness (QED) is 0.607. The predicted molar refractivity (Wildman–Crippen MR) is 95.1 cm³/mol. The molecule has 3 aromatic rings. The summed E-state index contributed by atoms with van der Waals surface area (Å²) < 4.78 is 25.3. The summed E-state index contributed by atoms with van der Waals surface area (Å²) in [6.45, 7) is 0.323. The van der Waals surface area contributed by atoms with Crippen molar-refractivity contribution in [2.45, 2.75) is 6.54 Å². The van der Waals surface area contributed by atoms with Crippen molar-refractivity contribution in [1.29, 1.82) is 0 Å². The van der Waals surface area contributed by atoms with Crippen LogP contribution in [0.15, 0.2) is 43.0 Å². The summed E-state index contributed by atoms with van der Waals surface area (Å²) in [6, 6.07) is 7.56. The first-order valence-corrected chi connectivity index (χ1v) is 9.66. The molecule has 132 valence electrons. The first-order chi connectivity index (χ1) is 12.1. The number of benzene rings is 1. The average molecular weight is 361 g/mol. The van der Waals surface area contributed by atoms with Gasteiger partial charge in [-0.2, -0.15) is 0 Å². The van der Waals surface area contributed by atoms with E-state index in [9.17, 15) is 8.42 Å². The van der Waals surface area contributed by atoms with Crippen molar-refractivity contribution >= 4 is 26.6 Å². The monoisotopic (exact) mass is 361 g/mol. The van der Waals surface area contributed by atoms with E-state index in [0.717, 1.165) is 10.9 Å². The lowest BCUT2D eigenvalue weighted by Gasteiger charge is -2.11. The molecule has 0 aliphatic heterocycles. The number of imidazole rings is 1. The fourth-order valence-electron chi connectivity index (χ4n) is 2.44. The molecular formula is C16H19N5O3S. The molecule has 2 heterocycles. The molecule has 0 saturated heterocycles. The van der Waals surface area contributed by atoms with E-state index in [0.29, 0.717) is 18.2 Å². The fraction of sp³-hybridized carbons (Fsp3) is 0.312. The molecule has 0 radical (unpaired) electrons. The van der Waals surface area contributed by atoms with Gasteiger partial charge in [0.2, 0.25) is 0 Å². The van der Waals surface area contributed by atoms with Crippen LogP contribution in [0.4, 0.5) is 5.82 Å². The van der Waals surface area contributed by atoms with Gasteiger partial charge in [-0.3, -0.25) is 0 Å². The van der Waals surface area contributed by atoms with Gasteiger partial charge in [0.25, 0.3) is 0 Å². The van der Waals surface area contributed by atoms with Crippen LogP contribution in [0.2, 0.25) is 0 Å². The van der Waals surface area contributed by atoms with E-state index in [1.54, 1.807) is 12.5 Å². The van der Waals surface area contributed by atoms with Crippen LogP contribution in [-0.4, -0.2) is 57.7 Å². The standard InChI is InChI=1S/C16H19N5O3S/c22-8-10-25(23,24)9-6-18-16-13-3-1-2-4-14(13)19-15(20-16)11-21-7-5-17-12-21/h1-5,7,12,22H,6,8-11H2,(H,18,19,20). The van der Waals surface area contributed by atoms with Crippen molar-refractivity contribution in [3.05, 3.63) is 48.8 Å². The molecular weight excluding hydrogens is 342 g/mol. The lowest BCUT2D eigenvalue weighted by molar-refractivity contribution is 0.319. The number of hydrogen-bond donors (Lipinski definition) is 2. The Bertz CT molecular complexity index is 942. The van der Waals surface area contributed by atoms with Crippen LogP contribution in [-0.2, 0) is 16.4 Å². The van der Waals surface area contributed by atoms with Crippen molar-refractivity contribution in [2.75, 3.05) is 30.0 Å². The van der Waals surface area contributed by atoms with Gasteiger partial charge >= 0.3 is 0 Å². The molecule has 0 unspecified atom stereocenters. The van der Waals surface area contributed by atoms with E-state index in [1.807, 2.05) is 35.0 Å². The van der Waals surface area contributed by atoms with Crippen molar-refractivity contribution < 1.29 is 13.5 Å². The van der Waals surface area contributed by atoms with Gasteiger partial charge < -0.3 is 15.0 Å². The Morgan fingerprint density at radius 1 is 1.16 bits per heavy atom. The first-order valence-electron chi connectivity index (χ1n) is 7.84. The van der Waals surface area contributed by atoms with Crippen LogP contribution in [0.5, 0.6) is 0 Å². The second kappa shape index (κ2) is 7.58. The van der Waals surface area contributed by atoms with Crippen molar-refractivity contribution in [2.24, 2.45) is 0 Å². The highest BCUT2D eigenvalue weighted by Crippen LogP contribution is 2.20. The molecule has 0 saturated carbocycles. The van der Waals surface area contributed by atoms with E-state index < -0.39 is 9.84 Å². The number of anilines is 1. The van der Waals surface area contributed by atoms with E-state index in [2.05, 4.69) is 20.3 Å². The molecule has 0 fully saturated rings. The molecule has 2 N–H and O–H groups in total. The van der Waals surface area contributed by atoms with Crippen LogP contribution < -0.4 is 5.32 Å². The van der Waals surface area contributed by atoms with E-state index in [4.69, 9.17) is 5.11 Å². The molecule has 3 rings (SSSR count). The van der Waals surface area contributed by atoms with Gasteiger partial charge in [0.15, 0.2) is 15.7 Å². The van der Waals surface area contributed by atoms with Gasteiger partial charge in [-0.15, -0.1) is 0 Å². The maximum atomic E-state index is 11.7. The Hall–Kier alpha value is -2.52. The van der Waals surface area contributed by atoms with Gasteiger partial charge in [-0.1, -0.05) is 12.1 Å². The van der Waals surface area contributed by atoms with Crippen molar-refractivity contribution in [1.82, 2.24) is 19.5 Å². The van der Waals surface area contributed by atoms with E-state index >= 15 is 0 Å². The third-order valence-electron chi connectivity index (χ3n) is 3.64. The minimum absolute atomic E-state index is 0.0667. The lowest BCUT2D eigenvalue weighted by Crippen LogP contribution is -2.20. The number of fused-ring (bicyclic) bond motifs is 1. The molecule has 25 heavy (non-hydrogen) atoms. The highest BCUT2D eigenvalue weighted by Gasteiger charge is 2.12. The number of para-hydroxylation sites is 1. The summed E-state index contributed by atoms with van der Waals surface area (Å²) >= 11 is 0. The van der Waals surface area contributed by atoms with E-state index in [-0.39, 0.29) is 24.7 Å². The predicted octanol–water partition coefficient (Wildman–Crippen LogP) is 0.694. The summed E-state index contributed by atoms with van der Waals surface area (Å²) in [4.78, 5) is 13.1. The normalized spacial score (nSPS) is 11.7. The number of aliphatic hydroxyl groups excluding tert-OH is 1. The molecule has 8 nitrogen and oxygen atoms in total. The van der Waals surface area contributed by atoms with Crippen molar-refractivity contribution in [3.63, 3.8) is 0 Å². The highest BCUT2D eigenvalue weighted by atomic mass is 32.2. The molecule has 9 heteroatoms. The zero-order chi connectivity index (χ0) is 17.7. The van der Waals surface area contributed by atoms with Crippen LogP contribution in [0, 0.1) is 0 Å². The fourth-order valence-corrected chi connectivity index (χ4v) is 3.34. The van der Waals surface area contributed by atoms with Gasteiger partial charge in [0.1, 0.15) is 5.82 Å². The minimum atomic E-state index is -3.27. The minimum Gasteiger partial charge on any atom is -0.395 e. The molecule has 0 amide bonds. The number of nitrogens with one attached hydrogen (secondary N) is 1. The van der Waals surface area contributed by atoms with Gasteiger partial charge in [0.05, 0.1) is 36.5 Å². The number of sulfone groups is 1. The summed E-state index contributed by atoms with van der Waals surface area (Å²) in [5, 5.41) is 12.7. The maximum Gasteiger partial charge on any atom is 0.154 e. The smallest absolute Gasteiger partial charge is 0.154 e. The molecule has 1 aromatic carbocycles. The van der Waals surface area contributed by atoms with E-state index in [1.165, 1.54) is 0 Å². The van der Waals surface area contributed by atoms with Crippen molar-refractivity contribution in [3.8, 4) is 0 Å². The second-order valence-electron chi connectivity index (χ2n) is 5.54. The zero-order valence-electron chi connectivity index (χ0n) is 13.5. The number of hydrogen-bond acceptors (Lipinski definition) is 7. The van der Waals surface area contributed by atoms with Crippen LogP contribution in [0.25, 0.3) is 10.9 Å². The summed E-state index contributed by atoms with van der Waals surface area (Å²) in [5.74, 6) is 0.908. The average Bonchev–Trinajstić information content (AvgIpc) is 3.07. The molecule has 0 bridgehead atoms. The van der Waals surface area contributed by atoms with Gasteiger partial charge in [-0.05, 0) is 12.1 Å². The maximum absolute atomic E-state index is 11.7. The molecule has 0 aliphatic rings. The summed E-state index contributed by atoms with van der Waals surface area (Å²) in [7, 11) is -3.27. The third kappa shape index (κ3) is 4.52. The lowest BCUT2D eigenvalue weighted by atomic mass is 10.2. The number of rotatable bonds is 8.